The molecule has 6 heteroatoms. The van der Waals surface area contributed by atoms with Crippen LogP contribution in [0.4, 0.5) is 9.18 Å². The number of amides is 1. The van der Waals surface area contributed by atoms with Crippen LogP contribution in [-0.4, -0.2) is 71.1 Å². The van der Waals surface area contributed by atoms with E-state index in [0.29, 0.717) is 52.0 Å². The summed E-state index contributed by atoms with van der Waals surface area (Å²) >= 11 is 0. The molecule has 1 unspecified atom stereocenters. The second-order valence-corrected chi connectivity index (χ2v) is 7.31. The number of carbonyl (C=O) groups is 1. The lowest BCUT2D eigenvalue weighted by Gasteiger charge is -2.40. The number of carbonyl (C=O) groups excluding carboxylic acids is 1. The molecule has 0 bridgehead atoms. The predicted octanol–water partition coefficient (Wildman–Crippen LogP) is 1.79. The second kappa shape index (κ2) is 6.08. The molecule has 2 aliphatic rings. The number of β-amino-alcohol motifs (C(OH)–C–C–N with tert-alkyl or cyclic N) is 1. The van der Waals surface area contributed by atoms with E-state index in [0.717, 1.165) is 0 Å². The second-order valence-electron chi connectivity index (χ2n) is 7.31. The quantitative estimate of drug-likeness (QED) is 0.845. The van der Waals surface area contributed by atoms with Crippen LogP contribution in [-0.2, 0) is 4.74 Å². The van der Waals surface area contributed by atoms with Gasteiger partial charge < -0.3 is 14.7 Å². The normalized spacial score (nSPS) is 26.9. The molecule has 21 heavy (non-hydrogen) atoms. The molecule has 0 radical (unpaired) electrons. The molecule has 122 valence electrons. The molecule has 0 aromatic rings. The molecular weight excluding hydrogens is 275 g/mol. The van der Waals surface area contributed by atoms with Crippen LogP contribution < -0.4 is 0 Å². The fourth-order valence-corrected chi connectivity index (χ4v) is 2.94. The van der Waals surface area contributed by atoms with Crippen molar-refractivity contribution in [3.63, 3.8) is 0 Å². The molecule has 1 amide bonds. The van der Waals surface area contributed by atoms with Crippen LogP contribution in [0.1, 0.15) is 40.0 Å². The lowest BCUT2D eigenvalue weighted by molar-refractivity contribution is -0.0475. The maximum Gasteiger partial charge on any atom is 0.410 e. The van der Waals surface area contributed by atoms with Gasteiger partial charge in [0.05, 0.1) is 5.60 Å². The van der Waals surface area contributed by atoms with Crippen LogP contribution in [0, 0.1) is 0 Å². The molecule has 2 heterocycles. The lowest BCUT2D eigenvalue weighted by atomic mass is 9.91. The summed E-state index contributed by atoms with van der Waals surface area (Å²) in [4.78, 5) is 15.6. The van der Waals surface area contributed by atoms with E-state index >= 15 is 0 Å². The molecule has 0 saturated carbocycles. The maximum absolute atomic E-state index is 13.2. The van der Waals surface area contributed by atoms with Gasteiger partial charge in [-0.3, -0.25) is 4.90 Å². The van der Waals surface area contributed by atoms with Crippen LogP contribution in [0.25, 0.3) is 0 Å². The van der Waals surface area contributed by atoms with Crippen molar-refractivity contribution in [3.8, 4) is 0 Å². The Hall–Kier alpha value is -0.880. The van der Waals surface area contributed by atoms with E-state index in [4.69, 9.17) is 4.74 Å². The Bertz CT molecular complexity index is 376. The molecule has 0 aromatic heterocycles. The van der Waals surface area contributed by atoms with Gasteiger partial charge in [-0.25, -0.2) is 9.18 Å². The van der Waals surface area contributed by atoms with Gasteiger partial charge in [-0.05, 0) is 40.0 Å². The standard InChI is InChI=1S/C15H27FN2O3/c1-14(2,3)21-13(19)18-8-5-15(20,6-9-18)11-17-7-4-12(16)10-17/h12,20H,4-11H2,1-3H3. The Kier molecular flexibility index (Phi) is 4.78. The molecule has 0 aliphatic carbocycles. The van der Waals surface area contributed by atoms with Gasteiger partial charge in [0.25, 0.3) is 0 Å². The van der Waals surface area contributed by atoms with Gasteiger partial charge in [-0.2, -0.15) is 0 Å². The number of halogens is 1. The Morgan fingerprint density at radius 1 is 1.33 bits per heavy atom. The predicted molar refractivity (Wildman–Crippen MR) is 77.9 cm³/mol. The highest BCUT2D eigenvalue weighted by Crippen LogP contribution is 2.26. The zero-order valence-electron chi connectivity index (χ0n) is 13.3. The van der Waals surface area contributed by atoms with Crippen LogP contribution in [0.3, 0.4) is 0 Å². The van der Waals surface area contributed by atoms with Crippen molar-refractivity contribution in [2.75, 3.05) is 32.7 Å². The number of piperidine rings is 1. The van der Waals surface area contributed by atoms with Crippen molar-refractivity contribution < 1.29 is 19.0 Å². The van der Waals surface area contributed by atoms with Crippen LogP contribution >= 0.6 is 0 Å². The lowest BCUT2D eigenvalue weighted by Crippen LogP contribution is -2.52. The largest absolute Gasteiger partial charge is 0.444 e. The maximum atomic E-state index is 13.2. The third kappa shape index (κ3) is 4.81. The average molecular weight is 302 g/mol. The molecule has 2 rings (SSSR count). The highest BCUT2D eigenvalue weighted by Gasteiger charge is 2.38. The summed E-state index contributed by atoms with van der Waals surface area (Å²) in [5.74, 6) is 0. The van der Waals surface area contributed by atoms with Gasteiger partial charge in [-0.15, -0.1) is 0 Å². The number of ether oxygens (including phenoxy) is 1. The number of aliphatic hydroxyl groups is 1. The molecular formula is C15H27FN2O3. The Morgan fingerprint density at radius 2 is 1.95 bits per heavy atom. The van der Waals surface area contributed by atoms with Crippen LogP contribution in [0.15, 0.2) is 0 Å². The van der Waals surface area contributed by atoms with Gasteiger partial charge in [0.1, 0.15) is 11.8 Å². The van der Waals surface area contributed by atoms with E-state index < -0.39 is 17.4 Å². The van der Waals surface area contributed by atoms with Crippen molar-refractivity contribution >= 4 is 6.09 Å². The van der Waals surface area contributed by atoms with E-state index in [9.17, 15) is 14.3 Å². The molecule has 2 aliphatic heterocycles. The van der Waals surface area contributed by atoms with E-state index in [2.05, 4.69) is 0 Å². The number of rotatable bonds is 2. The van der Waals surface area contributed by atoms with Crippen molar-refractivity contribution in [1.29, 1.82) is 0 Å². The molecule has 5 nitrogen and oxygen atoms in total. The third-order valence-corrected chi connectivity index (χ3v) is 4.08. The zero-order chi connectivity index (χ0) is 15.7. The number of alkyl halides is 1. The summed E-state index contributed by atoms with van der Waals surface area (Å²) < 4.78 is 18.5. The van der Waals surface area contributed by atoms with Crippen molar-refractivity contribution in [2.45, 2.75) is 57.4 Å². The topological polar surface area (TPSA) is 53.0 Å². The highest BCUT2D eigenvalue weighted by atomic mass is 19.1. The van der Waals surface area contributed by atoms with Gasteiger partial charge >= 0.3 is 6.09 Å². The summed E-state index contributed by atoms with van der Waals surface area (Å²) in [6.07, 6.45) is 0.490. The number of hydrogen-bond donors (Lipinski definition) is 1. The Morgan fingerprint density at radius 3 is 2.43 bits per heavy atom. The molecule has 2 fully saturated rings. The molecule has 1 N–H and O–H groups in total. The zero-order valence-corrected chi connectivity index (χ0v) is 13.3. The SMILES string of the molecule is CC(C)(C)OC(=O)N1CCC(O)(CN2CCC(F)C2)CC1. The summed E-state index contributed by atoms with van der Waals surface area (Å²) in [6.45, 7) is 8.10. The van der Waals surface area contributed by atoms with Gasteiger partial charge in [0.15, 0.2) is 0 Å². The smallest absolute Gasteiger partial charge is 0.410 e. The van der Waals surface area contributed by atoms with Crippen LogP contribution in [0.5, 0.6) is 0 Å². The summed E-state index contributed by atoms with van der Waals surface area (Å²) in [5, 5.41) is 10.6. The van der Waals surface area contributed by atoms with Crippen molar-refractivity contribution in [1.82, 2.24) is 9.80 Å². The first-order valence-electron chi connectivity index (χ1n) is 7.74. The van der Waals surface area contributed by atoms with E-state index in [1.54, 1.807) is 4.90 Å². The first kappa shape index (κ1) is 16.5. The van der Waals surface area contributed by atoms with Crippen molar-refractivity contribution in [3.05, 3.63) is 0 Å². The Balaban J connectivity index is 1.80. The molecule has 0 spiro atoms. The van der Waals surface area contributed by atoms with Crippen LogP contribution in [0.2, 0.25) is 0 Å². The number of hydrogen-bond acceptors (Lipinski definition) is 4. The van der Waals surface area contributed by atoms with E-state index in [1.165, 1.54) is 0 Å². The third-order valence-electron chi connectivity index (χ3n) is 4.08. The highest BCUT2D eigenvalue weighted by molar-refractivity contribution is 5.68. The number of nitrogens with zero attached hydrogens (tertiary/aromatic N) is 2. The minimum Gasteiger partial charge on any atom is -0.444 e. The fourth-order valence-electron chi connectivity index (χ4n) is 2.94. The van der Waals surface area contributed by atoms with Crippen molar-refractivity contribution in [2.24, 2.45) is 0 Å². The Labute approximate surface area is 126 Å². The summed E-state index contributed by atoms with van der Waals surface area (Å²) in [7, 11) is 0. The summed E-state index contributed by atoms with van der Waals surface area (Å²) in [6, 6.07) is 0. The molecule has 1 atom stereocenters. The molecule has 0 aromatic carbocycles. The minimum atomic E-state index is -0.817. The van der Waals surface area contributed by atoms with Gasteiger partial charge in [0.2, 0.25) is 0 Å². The van der Waals surface area contributed by atoms with E-state index in [1.807, 2.05) is 25.7 Å². The monoisotopic (exact) mass is 302 g/mol. The minimum absolute atomic E-state index is 0.324. The average Bonchev–Trinajstić information content (AvgIpc) is 2.72. The van der Waals surface area contributed by atoms with Gasteiger partial charge in [0, 0.05) is 32.7 Å². The number of likely N-dealkylation sites (tertiary alicyclic amines) is 2. The summed E-state index contributed by atoms with van der Waals surface area (Å²) in [5.41, 5.74) is -1.32. The van der Waals surface area contributed by atoms with E-state index in [-0.39, 0.29) is 6.09 Å². The van der Waals surface area contributed by atoms with Gasteiger partial charge in [-0.1, -0.05) is 0 Å². The first-order valence-corrected chi connectivity index (χ1v) is 7.74. The fraction of sp³-hybridized carbons (Fsp3) is 0.933. The molecule has 2 saturated heterocycles. The first-order chi connectivity index (χ1) is 9.67.